The summed E-state index contributed by atoms with van der Waals surface area (Å²) < 4.78 is 7.26. The van der Waals surface area contributed by atoms with Crippen LogP contribution in [0.25, 0.3) is 5.69 Å². The van der Waals surface area contributed by atoms with Gasteiger partial charge in [0.25, 0.3) is 0 Å². The summed E-state index contributed by atoms with van der Waals surface area (Å²) in [5.74, 6) is 0.772. The van der Waals surface area contributed by atoms with Crippen molar-refractivity contribution in [2.45, 2.75) is 20.3 Å². The molecule has 0 bridgehead atoms. The molecule has 1 N–H and O–H groups in total. The summed E-state index contributed by atoms with van der Waals surface area (Å²) in [6, 6.07) is 5.43. The van der Waals surface area contributed by atoms with Crippen LogP contribution in [0.3, 0.4) is 0 Å². The zero-order valence-corrected chi connectivity index (χ0v) is 13.7. The zero-order chi connectivity index (χ0) is 15.2. The molecule has 0 aliphatic carbocycles. The molecule has 6 heteroatoms. The Morgan fingerprint density at radius 3 is 2.86 bits per heavy atom. The first-order valence-electron chi connectivity index (χ1n) is 6.95. The van der Waals surface area contributed by atoms with Gasteiger partial charge in [0.15, 0.2) is 0 Å². The Morgan fingerprint density at radius 1 is 1.33 bits per heavy atom. The van der Waals surface area contributed by atoms with E-state index in [1.807, 2.05) is 36.7 Å². The maximum Gasteiger partial charge on any atom is 0.207 e. The molecule has 21 heavy (non-hydrogen) atoms. The molecule has 0 fully saturated rings. The van der Waals surface area contributed by atoms with Crippen LogP contribution in [0.2, 0.25) is 10.0 Å². The summed E-state index contributed by atoms with van der Waals surface area (Å²) in [7, 11) is 0. The summed E-state index contributed by atoms with van der Waals surface area (Å²) in [6.45, 7) is 6.22. The molecule has 0 saturated heterocycles. The van der Waals surface area contributed by atoms with E-state index in [9.17, 15) is 0 Å². The average Bonchev–Trinajstić information content (AvgIpc) is 2.79. The largest absolute Gasteiger partial charge is 0.382 e. The second kappa shape index (κ2) is 7.69. The van der Waals surface area contributed by atoms with Gasteiger partial charge in [0, 0.05) is 31.0 Å². The number of anilines is 1. The van der Waals surface area contributed by atoms with Gasteiger partial charge in [-0.05, 0) is 38.5 Å². The monoisotopic (exact) mass is 327 g/mol. The van der Waals surface area contributed by atoms with Crippen LogP contribution in [0.1, 0.15) is 19.0 Å². The molecule has 1 aromatic carbocycles. The Morgan fingerprint density at radius 2 is 2.14 bits per heavy atom. The normalized spacial score (nSPS) is 10.9. The first-order valence-corrected chi connectivity index (χ1v) is 7.70. The number of aryl methyl sites for hydroxylation is 1. The Hall–Kier alpha value is -1.23. The molecule has 0 saturated carbocycles. The van der Waals surface area contributed by atoms with E-state index >= 15 is 0 Å². The lowest BCUT2D eigenvalue weighted by Gasteiger charge is -2.11. The van der Waals surface area contributed by atoms with E-state index in [-0.39, 0.29) is 0 Å². The van der Waals surface area contributed by atoms with E-state index < -0.39 is 0 Å². The number of ether oxygens (including phenoxy) is 1. The van der Waals surface area contributed by atoms with Crippen molar-refractivity contribution in [3.05, 3.63) is 40.1 Å². The van der Waals surface area contributed by atoms with Crippen molar-refractivity contribution >= 4 is 29.2 Å². The fourth-order valence-corrected chi connectivity index (χ4v) is 2.50. The average molecular weight is 328 g/mol. The van der Waals surface area contributed by atoms with Crippen molar-refractivity contribution in [2.75, 3.05) is 25.1 Å². The molecule has 1 aromatic heterocycles. The lowest BCUT2D eigenvalue weighted by molar-refractivity contribution is 0.147. The molecule has 0 aliphatic rings. The Bertz CT molecular complexity index is 599. The maximum absolute atomic E-state index is 6.27. The van der Waals surface area contributed by atoms with Crippen molar-refractivity contribution in [1.82, 2.24) is 9.55 Å². The number of aromatic nitrogens is 2. The van der Waals surface area contributed by atoms with E-state index in [0.717, 1.165) is 43.5 Å². The highest BCUT2D eigenvalue weighted by atomic mass is 35.5. The molecule has 0 unspecified atom stereocenters. The fourth-order valence-electron chi connectivity index (χ4n) is 2.00. The van der Waals surface area contributed by atoms with Crippen LogP contribution in [0, 0.1) is 6.92 Å². The van der Waals surface area contributed by atoms with Crippen LogP contribution in [0.4, 0.5) is 5.95 Å². The second-order valence-corrected chi connectivity index (χ2v) is 5.49. The van der Waals surface area contributed by atoms with Crippen LogP contribution >= 0.6 is 23.2 Å². The van der Waals surface area contributed by atoms with Gasteiger partial charge in [-0.2, -0.15) is 0 Å². The van der Waals surface area contributed by atoms with E-state index in [0.29, 0.717) is 10.0 Å². The number of rotatable bonds is 7. The van der Waals surface area contributed by atoms with Crippen LogP contribution in [0.15, 0.2) is 24.4 Å². The smallest absolute Gasteiger partial charge is 0.207 e. The molecule has 2 rings (SSSR count). The van der Waals surface area contributed by atoms with Gasteiger partial charge in [-0.15, -0.1) is 0 Å². The predicted molar refractivity (Wildman–Crippen MR) is 87.9 cm³/mol. The number of benzene rings is 1. The molecule has 0 aliphatic heterocycles. The first kappa shape index (κ1) is 16.1. The predicted octanol–water partition coefficient (Wildman–Crippen LogP) is 4.33. The number of hydrogen-bond donors (Lipinski definition) is 1. The molecule has 0 spiro atoms. The highest BCUT2D eigenvalue weighted by molar-refractivity contribution is 6.35. The van der Waals surface area contributed by atoms with Gasteiger partial charge in [0.2, 0.25) is 5.95 Å². The lowest BCUT2D eigenvalue weighted by atomic mass is 10.3. The Labute approximate surface area is 135 Å². The van der Waals surface area contributed by atoms with Gasteiger partial charge in [-0.3, -0.25) is 4.57 Å². The minimum Gasteiger partial charge on any atom is -0.382 e. The van der Waals surface area contributed by atoms with Crippen molar-refractivity contribution in [3.8, 4) is 5.69 Å². The second-order valence-electron chi connectivity index (χ2n) is 4.65. The third kappa shape index (κ3) is 4.37. The van der Waals surface area contributed by atoms with Gasteiger partial charge < -0.3 is 10.1 Å². The molecular weight excluding hydrogens is 309 g/mol. The number of nitrogens with one attached hydrogen (secondary N) is 1. The molecular formula is C15H19Cl2N3O. The summed E-state index contributed by atoms with van der Waals surface area (Å²) in [5.41, 5.74) is 1.78. The molecule has 0 amide bonds. The number of hydrogen-bond acceptors (Lipinski definition) is 3. The van der Waals surface area contributed by atoms with Crippen molar-refractivity contribution in [3.63, 3.8) is 0 Å². The lowest BCUT2D eigenvalue weighted by Crippen LogP contribution is -2.10. The number of halogens is 2. The minimum absolute atomic E-state index is 0.595. The minimum atomic E-state index is 0.595. The molecule has 0 radical (unpaired) electrons. The summed E-state index contributed by atoms with van der Waals surface area (Å²) in [5, 5.41) is 4.53. The first-order chi connectivity index (χ1) is 10.1. The zero-order valence-electron chi connectivity index (χ0n) is 12.2. The quantitative estimate of drug-likeness (QED) is 0.769. The standard InChI is InChI=1S/C15H19Cl2N3O/c1-3-21-8-4-7-18-15-19-11(2)10-20(15)14-6-5-12(16)9-13(14)17/h5-6,9-10H,3-4,7-8H2,1-2H3,(H,18,19). The Balaban J connectivity index is 2.13. The summed E-state index contributed by atoms with van der Waals surface area (Å²) in [6.07, 6.45) is 2.87. The van der Waals surface area contributed by atoms with E-state index in [2.05, 4.69) is 10.3 Å². The van der Waals surface area contributed by atoms with Gasteiger partial charge >= 0.3 is 0 Å². The summed E-state index contributed by atoms with van der Waals surface area (Å²) >= 11 is 12.2. The van der Waals surface area contributed by atoms with E-state index in [1.54, 1.807) is 6.07 Å². The Kier molecular flexibility index (Phi) is 5.91. The van der Waals surface area contributed by atoms with Gasteiger partial charge in [0.1, 0.15) is 0 Å². The van der Waals surface area contributed by atoms with Gasteiger partial charge in [-0.1, -0.05) is 23.2 Å². The van der Waals surface area contributed by atoms with Crippen LogP contribution in [-0.2, 0) is 4.74 Å². The van der Waals surface area contributed by atoms with Gasteiger partial charge in [-0.25, -0.2) is 4.98 Å². The van der Waals surface area contributed by atoms with Gasteiger partial charge in [0.05, 0.1) is 16.4 Å². The topological polar surface area (TPSA) is 39.1 Å². The number of nitrogens with zero attached hydrogens (tertiary/aromatic N) is 2. The van der Waals surface area contributed by atoms with E-state index in [1.165, 1.54) is 0 Å². The number of imidazole rings is 1. The molecule has 4 nitrogen and oxygen atoms in total. The van der Waals surface area contributed by atoms with Crippen LogP contribution < -0.4 is 5.32 Å². The molecule has 0 atom stereocenters. The SMILES string of the molecule is CCOCCCNc1nc(C)cn1-c1ccc(Cl)cc1Cl. The molecule has 2 aromatic rings. The van der Waals surface area contributed by atoms with Crippen LogP contribution in [-0.4, -0.2) is 29.3 Å². The van der Waals surface area contributed by atoms with Crippen LogP contribution in [0.5, 0.6) is 0 Å². The summed E-state index contributed by atoms with van der Waals surface area (Å²) in [4.78, 5) is 4.49. The maximum atomic E-state index is 6.27. The van der Waals surface area contributed by atoms with Crippen molar-refractivity contribution < 1.29 is 4.74 Å². The molecule has 114 valence electrons. The highest BCUT2D eigenvalue weighted by Crippen LogP contribution is 2.27. The third-order valence-corrected chi connectivity index (χ3v) is 3.49. The van der Waals surface area contributed by atoms with E-state index in [4.69, 9.17) is 27.9 Å². The van der Waals surface area contributed by atoms with Crippen molar-refractivity contribution in [1.29, 1.82) is 0 Å². The highest BCUT2D eigenvalue weighted by Gasteiger charge is 2.10. The molecule has 1 heterocycles. The van der Waals surface area contributed by atoms with Crippen molar-refractivity contribution in [2.24, 2.45) is 0 Å². The fraction of sp³-hybridized carbons (Fsp3) is 0.400. The third-order valence-electron chi connectivity index (χ3n) is 2.95.